The summed E-state index contributed by atoms with van der Waals surface area (Å²) in [5.41, 5.74) is 1.71. The van der Waals surface area contributed by atoms with Gasteiger partial charge in [0.25, 0.3) is 5.91 Å². The zero-order valence-electron chi connectivity index (χ0n) is 19.9. The van der Waals surface area contributed by atoms with Crippen molar-refractivity contribution in [3.63, 3.8) is 0 Å². The van der Waals surface area contributed by atoms with E-state index in [9.17, 15) is 9.59 Å². The second-order valence-electron chi connectivity index (χ2n) is 8.28. The minimum absolute atomic E-state index is 0.0963. The number of nitrogens with zero attached hydrogens (tertiary/aromatic N) is 5. The lowest BCUT2D eigenvalue weighted by Crippen LogP contribution is -2.49. The lowest BCUT2D eigenvalue weighted by atomic mass is 10.2. The molecule has 0 spiro atoms. The van der Waals surface area contributed by atoms with Gasteiger partial charge in [-0.15, -0.1) is 10.2 Å². The first-order chi connectivity index (χ1) is 17.0. The van der Waals surface area contributed by atoms with Crippen molar-refractivity contribution in [1.82, 2.24) is 25.0 Å². The number of carbonyl (C=O) groups is 2. The van der Waals surface area contributed by atoms with Crippen molar-refractivity contribution < 1.29 is 9.59 Å². The predicted molar refractivity (Wildman–Crippen MR) is 139 cm³/mol. The van der Waals surface area contributed by atoms with Gasteiger partial charge in [-0.2, -0.15) is 0 Å². The molecular weight excluding hydrogens is 484 g/mol. The molecule has 2 aromatic carbocycles. The summed E-state index contributed by atoms with van der Waals surface area (Å²) in [7, 11) is 0. The zero-order valence-corrected chi connectivity index (χ0v) is 21.4. The Kier molecular flexibility index (Phi) is 8.30. The summed E-state index contributed by atoms with van der Waals surface area (Å²) >= 11 is 7.29. The van der Waals surface area contributed by atoms with E-state index in [1.807, 2.05) is 41.5 Å². The van der Waals surface area contributed by atoms with Crippen LogP contribution in [0.15, 0.2) is 59.8 Å². The molecular formula is C25H29ClN6O2S. The smallest absolute Gasteiger partial charge is 0.251 e. The summed E-state index contributed by atoms with van der Waals surface area (Å²) in [6, 6.07) is 16.7. The van der Waals surface area contributed by atoms with Gasteiger partial charge in [0.15, 0.2) is 11.0 Å². The number of nitrogens with one attached hydrogen (secondary N) is 1. The first-order valence-electron chi connectivity index (χ1n) is 11.7. The van der Waals surface area contributed by atoms with Crippen LogP contribution in [0, 0.1) is 0 Å². The Balaban J connectivity index is 1.31. The van der Waals surface area contributed by atoms with Gasteiger partial charge in [0.1, 0.15) is 0 Å². The van der Waals surface area contributed by atoms with Crippen LogP contribution in [0.5, 0.6) is 0 Å². The third-order valence-electron chi connectivity index (χ3n) is 5.98. The van der Waals surface area contributed by atoms with Crippen molar-refractivity contribution >= 4 is 40.9 Å². The Morgan fingerprint density at radius 1 is 1.03 bits per heavy atom. The molecule has 1 aliphatic rings. The van der Waals surface area contributed by atoms with Crippen LogP contribution in [0.3, 0.4) is 0 Å². The van der Waals surface area contributed by atoms with E-state index in [0.29, 0.717) is 47.0 Å². The zero-order chi connectivity index (χ0) is 24.8. The number of hydrogen-bond acceptors (Lipinski definition) is 6. The first-order valence-corrected chi connectivity index (χ1v) is 13.0. The van der Waals surface area contributed by atoms with Crippen molar-refractivity contribution in [3.05, 3.63) is 71.0 Å². The Morgan fingerprint density at radius 3 is 2.37 bits per heavy atom. The summed E-state index contributed by atoms with van der Waals surface area (Å²) < 4.78 is 1.94. The summed E-state index contributed by atoms with van der Waals surface area (Å²) in [5.74, 6) is 0.841. The number of hydrogen-bond donors (Lipinski definition) is 1. The van der Waals surface area contributed by atoms with Crippen molar-refractivity contribution in [2.45, 2.75) is 31.6 Å². The van der Waals surface area contributed by atoms with Gasteiger partial charge in [-0.3, -0.25) is 9.59 Å². The maximum Gasteiger partial charge on any atom is 0.251 e. The Bertz CT molecular complexity index is 1150. The van der Waals surface area contributed by atoms with Gasteiger partial charge in [0, 0.05) is 49.0 Å². The molecule has 10 heteroatoms. The van der Waals surface area contributed by atoms with E-state index >= 15 is 0 Å². The molecule has 2 heterocycles. The maximum atomic E-state index is 12.8. The normalized spacial score (nSPS) is 14.6. The summed E-state index contributed by atoms with van der Waals surface area (Å²) in [6.45, 7) is 7.55. The fourth-order valence-electron chi connectivity index (χ4n) is 4.04. The number of benzene rings is 2. The van der Waals surface area contributed by atoms with E-state index < -0.39 is 0 Å². The fourth-order valence-corrected chi connectivity index (χ4v) is 5.08. The molecule has 2 amide bonds. The standard InChI is InChI=1S/C25H29ClN6O2S/c1-3-32-23(18(2)27-24(34)19-9-11-20(26)12-10-19)28-29-25(32)35-17-22(33)31-15-13-30(14-16-31)21-7-5-4-6-8-21/h4-12,18H,3,13-17H2,1-2H3,(H,27,34)/t18-/m1/s1. The van der Waals surface area contributed by atoms with Crippen LogP contribution in [0.4, 0.5) is 5.69 Å². The highest BCUT2D eigenvalue weighted by molar-refractivity contribution is 7.99. The highest BCUT2D eigenvalue weighted by atomic mass is 35.5. The van der Waals surface area contributed by atoms with Crippen molar-refractivity contribution in [3.8, 4) is 0 Å². The van der Waals surface area contributed by atoms with E-state index in [0.717, 1.165) is 13.1 Å². The van der Waals surface area contributed by atoms with Crippen LogP contribution in [-0.4, -0.2) is 63.4 Å². The molecule has 1 fully saturated rings. The molecule has 0 bridgehead atoms. The molecule has 1 N–H and O–H groups in total. The Labute approximate surface area is 214 Å². The van der Waals surface area contributed by atoms with Crippen molar-refractivity contribution in [2.24, 2.45) is 0 Å². The average Bonchev–Trinajstić information content (AvgIpc) is 3.31. The van der Waals surface area contributed by atoms with E-state index in [-0.39, 0.29) is 17.9 Å². The van der Waals surface area contributed by atoms with Gasteiger partial charge >= 0.3 is 0 Å². The number of amides is 2. The molecule has 35 heavy (non-hydrogen) atoms. The van der Waals surface area contributed by atoms with Gasteiger partial charge in [-0.05, 0) is 50.2 Å². The Hall–Kier alpha value is -3.04. The molecule has 1 aromatic heterocycles. The third-order valence-corrected chi connectivity index (χ3v) is 7.18. The molecule has 0 radical (unpaired) electrons. The van der Waals surface area contributed by atoms with E-state index in [2.05, 4.69) is 32.5 Å². The fraction of sp³-hybridized carbons (Fsp3) is 0.360. The molecule has 1 aliphatic heterocycles. The van der Waals surface area contributed by atoms with E-state index in [1.54, 1.807) is 24.3 Å². The topological polar surface area (TPSA) is 83.4 Å². The van der Waals surface area contributed by atoms with Gasteiger partial charge in [-0.25, -0.2) is 0 Å². The summed E-state index contributed by atoms with van der Waals surface area (Å²) in [5, 5.41) is 12.8. The minimum Gasteiger partial charge on any atom is -0.368 e. The molecule has 0 aliphatic carbocycles. The second-order valence-corrected chi connectivity index (χ2v) is 9.66. The van der Waals surface area contributed by atoms with Crippen LogP contribution in [0.25, 0.3) is 0 Å². The van der Waals surface area contributed by atoms with Crippen molar-refractivity contribution in [2.75, 3.05) is 36.8 Å². The van der Waals surface area contributed by atoms with E-state index in [4.69, 9.17) is 11.6 Å². The molecule has 1 saturated heterocycles. The monoisotopic (exact) mass is 512 g/mol. The van der Waals surface area contributed by atoms with Gasteiger partial charge in [0.05, 0.1) is 11.8 Å². The SMILES string of the molecule is CCn1c(SCC(=O)N2CCN(c3ccccc3)CC2)nnc1[C@@H](C)NC(=O)c1ccc(Cl)cc1. The number of rotatable bonds is 8. The lowest BCUT2D eigenvalue weighted by Gasteiger charge is -2.36. The quantitative estimate of drug-likeness (QED) is 0.461. The van der Waals surface area contributed by atoms with Crippen LogP contribution in [-0.2, 0) is 11.3 Å². The highest BCUT2D eigenvalue weighted by Crippen LogP contribution is 2.22. The molecule has 184 valence electrons. The minimum atomic E-state index is -0.346. The third kappa shape index (κ3) is 6.15. The van der Waals surface area contributed by atoms with Gasteiger partial charge < -0.3 is 19.7 Å². The largest absolute Gasteiger partial charge is 0.368 e. The van der Waals surface area contributed by atoms with E-state index in [1.165, 1.54) is 17.4 Å². The number of anilines is 1. The van der Waals surface area contributed by atoms with Crippen LogP contribution < -0.4 is 10.2 Å². The molecule has 3 aromatic rings. The number of thioether (sulfide) groups is 1. The predicted octanol–water partition coefficient (Wildman–Crippen LogP) is 3.88. The molecule has 0 saturated carbocycles. The van der Waals surface area contributed by atoms with Crippen LogP contribution in [0.2, 0.25) is 5.02 Å². The average molecular weight is 513 g/mol. The number of carbonyl (C=O) groups excluding carboxylic acids is 2. The maximum absolute atomic E-state index is 12.8. The van der Waals surface area contributed by atoms with Crippen molar-refractivity contribution in [1.29, 1.82) is 0 Å². The number of para-hydroxylation sites is 1. The molecule has 0 unspecified atom stereocenters. The van der Waals surface area contributed by atoms with Gasteiger partial charge in [-0.1, -0.05) is 41.6 Å². The van der Waals surface area contributed by atoms with Gasteiger partial charge in [0.2, 0.25) is 5.91 Å². The second kappa shape index (κ2) is 11.6. The Morgan fingerprint density at radius 2 is 1.71 bits per heavy atom. The lowest BCUT2D eigenvalue weighted by molar-refractivity contribution is -0.128. The highest BCUT2D eigenvalue weighted by Gasteiger charge is 2.24. The molecule has 4 rings (SSSR count). The van der Waals surface area contributed by atoms with Crippen LogP contribution >= 0.6 is 23.4 Å². The number of aromatic nitrogens is 3. The summed E-state index contributed by atoms with van der Waals surface area (Å²) in [6.07, 6.45) is 0. The van der Waals surface area contributed by atoms with Crippen LogP contribution in [0.1, 0.15) is 36.1 Å². The molecule has 1 atom stereocenters. The number of halogens is 1. The summed E-state index contributed by atoms with van der Waals surface area (Å²) in [4.78, 5) is 29.6. The first kappa shape index (κ1) is 25.1. The molecule has 8 nitrogen and oxygen atoms in total. The number of piperazine rings is 1.